The van der Waals surface area contributed by atoms with E-state index in [0.717, 1.165) is 6.54 Å². The van der Waals surface area contributed by atoms with Gasteiger partial charge in [0.2, 0.25) is 0 Å². The van der Waals surface area contributed by atoms with Gasteiger partial charge in [-0.05, 0) is 38.4 Å². The highest BCUT2D eigenvalue weighted by Crippen LogP contribution is 2.40. The first-order valence-electron chi connectivity index (χ1n) is 5.76. The second-order valence-electron chi connectivity index (χ2n) is 4.89. The van der Waals surface area contributed by atoms with Crippen molar-refractivity contribution >= 4 is 21.6 Å². The average Bonchev–Trinajstić information content (AvgIpc) is 2.65. The van der Waals surface area contributed by atoms with E-state index in [4.69, 9.17) is 0 Å². The fourth-order valence-electron chi connectivity index (χ4n) is 2.54. The predicted octanol–water partition coefficient (Wildman–Crippen LogP) is 3.11. The third kappa shape index (κ3) is 1.98. The van der Waals surface area contributed by atoms with Gasteiger partial charge in [-0.1, -0.05) is 22.0 Å². The van der Waals surface area contributed by atoms with Gasteiger partial charge in [-0.25, -0.2) is 0 Å². The van der Waals surface area contributed by atoms with Gasteiger partial charge in [0.25, 0.3) is 0 Å². The Labute approximate surface area is 106 Å². The molecule has 1 N–H and O–H groups in total. The van der Waals surface area contributed by atoms with Crippen molar-refractivity contribution in [1.82, 2.24) is 5.32 Å². The maximum atomic E-state index is 3.69. The Balaban J connectivity index is 2.53. The molecule has 0 saturated carbocycles. The maximum absolute atomic E-state index is 3.69. The van der Waals surface area contributed by atoms with Crippen molar-refractivity contribution in [3.05, 3.63) is 28.2 Å². The summed E-state index contributed by atoms with van der Waals surface area (Å²) in [7, 11) is 4.20. The van der Waals surface area contributed by atoms with Gasteiger partial charge >= 0.3 is 0 Å². The van der Waals surface area contributed by atoms with E-state index >= 15 is 0 Å². The highest BCUT2D eigenvalue weighted by Gasteiger charge is 2.34. The third-order valence-electron chi connectivity index (χ3n) is 3.39. The highest BCUT2D eigenvalue weighted by atomic mass is 79.9. The van der Waals surface area contributed by atoms with Crippen molar-refractivity contribution in [2.75, 3.05) is 25.5 Å². The topological polar surface area (TPSA) is 15.3 Å². The van der Waals surface area contributed by atoms with Crippen LogP contribution in [-0.4, -0.2) is 20.6 Å². The first-order chi connectivity index (χ1) is 7.54. The van der Waals surface area contributed by atoms with Crippen LogP contribution >= 0.6 is 15.9 Å². The number of hydrogen-bond donors (Lipinski definition) is 1. The molecule has 0 amide bonds. The van der Waals surface area contributed by atoms with E-state index in [9.17, 15) is 0 Å². The third-order valence-corrected chi connectivity index (χ3v) is 4.05. The molecule has 1 aromatic rings. The number of nitrogens with one attached hydrogen (secondary N) is 1. The molecular formula is C13H19BrN2. The van der Waals surface area contributed by atoms with Gasteiger partial charge in [0.1, 0.15) is 0 Å². The minimum absolute atomic E-state index is 0.111. The molecule has 1 fully saturated rings. The summed E-state index contributed by atoms with van der Waals surface area (Å²) in [5, 5.41) is 3.63. The standard InChI is InChI=1S/C13H19BrN2/c1-13(8-5-9-15-13)12-10(14)6-4-7-11(12)16(2)3/h4,6-7,15H,5,8-9H2,1-3H3. The molecule has 0 radical (unpaired) electrons. The molecule has 0 spiro atoms. The van der Waals surface area contributed by atoms with Gasteiger partial charge in [-0.2, -0.15) is 0 Å². The lowest BCUT2D eigenvalue weighted by Crippen LogP contribution is -2.35. The Kier molecular flexibility index (Phi) is 3.27. The van der Waals surface area contributed by atoms with Crippen LogP contribution in [0.2, 0.25) is 0 Å². The molecule has 0 aromatic heterocycles. The second-order valence-corrected chi connectivity index (χ2v) is 5.75. The second kappa shape index (κ2) is 4.38. The summed E-state index contributed by atoms with van der Waals surface area (Å²) in [4.78, 5) is 2.19. The van der Waals surface area contributed by atoms with E-state index in [1.807, 2.05) is 0 Å². The van der Waals surface area contributed by atoms with Gasteiger partial charge in [-0.3, -0.25) is 0 Å². The minimum Gasteiger partial charge on any atom is -0.377 e. The smallest absolute Gasteiger partial charge is 0.0438 e. The lowest BCUT2D eigenvalue weighted by molar-refractivity contribution is 0.433. The summed E-state index contributed by atoms with van der Waals surface area (Å²) in [5.41, 5.74) is 2.79. The number of nitrogens with zero attached hydrogens (tertiary/aromatic N) is 1. The molecule has 0 aliphatic carbocycles. The van der Waals surface area contributed by atoms with Crippen LogP contribution in [0.3, 0.4) is 0 Å². The number of halogens is 1. The first-order valence-corrected chi connectivity index (χ1v) is 6.55. The first kappa shape index (κ1) is 11.9. The quantitative estimate of drug-likeness (QED) is 0.897. The van der Waals surface area contributed by atoms with E-state index in [1.54, 1.807) is 0 Å². The Morgan fingerprint density at radius 2 is 2.12 bits per heavy atom. The van der Waals surface area contributed by atoms with E-state index in [2.05, 4.69) is 65.4 Å². The fourth-order valence-corrected chi connectivity index (χ4v) is 3.33. The van der Waals surface area contributed by atoms with Crippen LogP contribution < -0.4 is 10.2 Å². The van der Waals surface area contributed by atoms with Crippen LogP contribution in [0.4, 0.5) is 5.69 Å². The van der Waals surface area contributed by atoms with Crippen LogP contribution in [0.5, 0.6) is 0 Å². The van der Waals surface area contributed by atoms with Gasteiger partial charge in [-0.15, -0.1) is 0 Å². The van der Waals surface area contributed by atoms with Gasteiger partial charge < -0.3 is 10.2 Å². The molecule has 1 saturated heterocycles. The highest BCUT2D eigenvalue weighted by molar-refractivity contribution is 9.10. The molecule has 3 heteroatoms. The molecule has 0 bridgehead atoms. The van der Waals surface area contributed by atoms with E-state index in [-0.39, 0.29) is 5.54 Å². The van der Waals surface area contributed by atoms with Crippen LogP contribution in [0, 0.1) is 0 Å². The predicted molar refractivity (Wildman–Crippen MR) is 73.1 cm³/mol. The number of benzene rings is 1. The Bertz CT molecular complexity index is 382. The monoisotopic (exact) mass is 282 g/mol. The van der Waals surface area contributed by atoms with Crippen molar-refractivity contribution < 1.29 is 0 Å². The van der Waals surface area contributed by atoms with Crippen LogP contribution in [0.15, 0.2) is 22.7 Å². The summed E-state index contributed by atoms with van der Waals surface area (Å²) in [5.74, 6) is 0. The fraction of sp³-hybridized carbons (Fsp3) is 0.538. The molecule has 2 nitrogen and oxygen atoms in total. The molecular weight excluding hydrogens is 264 g/mol. The number of rotatable bonds is 2. The molecule has 1 aliphatic rings. The van der Waals surface area contributed by atoms with Gasteiger partial charge in [0.15, 0.2) is 0 Å². The van der Waals surface area contributed by atoms with Crippen molar-refractivity contribution in [2.45, 2.75) is 25.3 Å². The van der Waals surface area contributed by atoms with Gasteiger partial charge in [0.05, 0.1) is 0 Å². The van der Waals surface area contributed by atoms with E-state index < -0.39 is 0 Å². The van der Waals surface area contributed by atoms with Crippen molar-refractivity contribution in [3.8, 4) is 0 Å². The van der Waals surface area contributed by atoms with Crippen molar-refractivity contribution in [1.29, 1.82) is 0 Å². The maximum Gasteiger partial charge on any atom is 0.0438 e. The SMILES string of the molecule is CN(C)c1cccc(Br)c1C1(C)CCCN1. The zero-order valence-corrected chi connectivity index (χ0v) is 11.8. The molecule has 1 aromatic carbocycles. The zero-order chi connectivity index (χ0) is 11.8. The Morgan fingerprint density at radius 3 is 2.69 bits per heavy atom. The van der Waals surface area contributed by atoms with E-state index in [0.29, 0.717) is 0 Å². The number of anilines is 1. The summed E-state index contributed by atoms with van der Waals surface area (Å²) in [6.45, 7) is 3.41. The normalized spacial score (nSPS) is 24.8. The summed E-state index contributed by atoms with van der Waals surface area (Å²) < 4.78 is 1.20. The molecule has 1 atom stereocenters. The molecule has 1 unspecified atom stereocenters. The molecule has 2 rings (SSSR count). The van der Waals surface area contributed by atoms with Crippen molar-refractivity contribution in [3.63, 3.8) is 0 Å². The van der Waals surface area contributed by atoms with Crippen LogP contribution in [0.1, 0.15) is 25.3 Å². The molecule has 88 valence electrons. The average molecular weight is 283 g/mol. The lowest BCUT2D eigenvalue weighted by atomic mass is 9.89. The molecule has 16 heavy (non-hydrogen) atoms. The minimum atomic E-state index is 0.111. The summed E-state index contributed by atoms with van der Waals surface area (Å²) in [6.07, 6.45) is 2.46. The Morgan fingerprint density at radius 1 is 1.38 bits per heavy atom. The summed E-state index contributed by atoms with van der Waals surface area (Å²) >= 11 is 3.69. The Hall–Kier alpha value is -0.540. The zero-order valence-electron chi connectivity index (χ0n) is 10.2. The van der Waals surface area contributed by atoms with Crippen LogP contribution in [-0.2, 0) is 5.54 Å². The summed E-state index contributed by atoms with van der Waals surface area (Å²) in [6, 6.07) is 6.42. The molecule has 1 aliphatic heterocycles. The van der Waals surface area contributed by atoms with Crippen molar-refractivity contribution in [2.24, 2.45) is 0 Å². The molecule has 1 heterocycles. The van der Waals surface area contributed by atoms with E-state index in [1.165, 1.54) is 28.6 Å². The van der Waals surface area contributed by atoms with Crippen LogP contribution in [0.25, 0.3) is 0 Å². The van der Waals surface area contributed by atoms with Gasteiger partial charge in [0, 0.05) is 35.4 Å². The number of hydrogen-bond acceptors (Lipinski definition) is 2. The lowest BCUT2D eigenvalue weighted by Gasteiger charge is -2.31. The largest absolute Gasteiger partial charge is 0.377 e.